The van der Waals surface area contributed by atoms with Crippen LogP contribution < -0.4 is 0 Å². The molecule has 0 bridgehead atoms. The van der Waals surface area contributed by atoms with Crippen LogP contribution in [0.5, 0.6) is 0 Å². The Morgan fingerprint density at radius 1 is 1.36 bits per heavy atom. The van der Waals surface area contributed by atoms with Crippen LogP contribution in [0, 0.1) is 17.8 Å². The van der Waals surface area contributed by atoms with Crippen molar-refractivity contribution in [3.63, 3.8) is 0 Å². The van der Waals surface area contributed by atoms with Gasteiger partial charge in [-0.25, -0.2) is 0 Å². The van der Waals surface area contributed by atoms with E-state index in [9.17, 15) is 4.79 Å². The highest BCUT2D eigenvalue weighted by Gasteiger charge is 2.48. The van der Waals surface area contributed by atoms with Gasteiger partial charge in [-0.15, -0.1) is 0 Å². The van der Waals surface area contributed by atoms with E-state index in [0.29, 0.717) is 6.42 Å². The van der Waals surface area contributed by atoms with Crippen LogP contribution in [0.1, 0.15) is 32.1 Å². The van der Waals surface area contributed by atoms with Crippen molar-refractivity contribution >= 4 is 5.97 Å². The van der Waals surface area contributed by atoms with E-state index in [1.807, 2.05) is 6.08 Å². The molecule has 14 heavy (non-hydrogen) atoms. The largest absolute Gasteiger partial charge is 0.469 e. The van der Waals surface area contributed by atoms with Crippen molar-refractivity contribution in [1.29, 1.82) is 0 Å². The fourth-order valence-corrected chi connectivity index (χ4v) is 2.74. The van der Waals surface area contributed by atoms with Crippen molar-refractivity contribution < 1.29 is 9.53 Å². The quantitative estimate of drug-likeness (QED) is 0.510. The van der Waals surface area contributed by atoms with E-state index in [1.54, 1.807) is 0 Å². The van der Waals surface area contributed by atoms with E-state index in [2.05, 4.69) is 10.8 Å². The first-order valence-corrected chi connectivity index (χ1v) is 5.56. The van der Waals surface area contributed by atoms with Gasteiger partial charge in [0.25, 0.3) is 0 Å². The monoisotopic (exact) mass is 194 g/mol. The summed E-state index contributed by atoms with van der Waals surface area (Å²) in [5, 5.41) is 0. The summed E-state index contributed by atoms with van der Waals surface area (Å²) in [6.45, 7) is 0. The first-order chi connectivity index (χ1) is 6.83. The third-order valence-corrected chi connectivity index (χ3v) is 3.59. The number of carbonyl (C=O) groups is 1. The fourth-order valence-electron chi connectivity index (χ4n) is 2.74. The average molecular weight is 194 g/mol. The van der Waals surface area contributed by atoms with Crippen LogP contribution in [0.15, 0.2) is 12.2 Å². The minimum Gasteiger partial charge on any atom is -0.469 e. The molecule has 0 aliphatic heterocycles. The molecule has 0 N–H and O–H groups in total. The van der Waals surface area contributed by atoms with E-state index < -0.39 is 0 Å². The first-order valence-electron chi connectivity index (χ1n) is 5.56. The van der Waals surface area contributed by atoms with Crippen molar-refractivity contribution in [1.82, 2.24) is 0 Å². The summed E-state index contributed by atoms with van der Waals surface area (Å²) in [5.74, 6) is 2.53. The number of methoxy groups -OCH3 is 1. The van der Waals surface area contributed by atoms with Gasteiger partial charge in [0.15, 0.2) is 0 Å². The molecule has 2 nitrogen and oxygen atoms in total. The summed E-state index contributed by atoms with van der Waals surface area (Å²) in [7, 11) is 1.44. The number of rotatable bonds is 3. The molecule has 78 valence electrons. The van der Waals surface area contributed by atoms with E-state index in [4.69, 9.17) is 0 Å². The zero-order chi connectivity index (χ0) is 9.97. The molecule has 0 aromatic heterocycles. The predicted molar refractivity (Wildman–Crippen MR) is 54.7 cm³/mol. The van der Waals surface area contributed by atoms with Crippen LogP contribution in [0.2, 0.25) is 0 Å². The molecule has 2 aliphatic rings. The zero-order valence-electron chi connectivity index (χ0n) is 8.74. The number of allylic oxidation sites excluding steroid dienone is 1. The van der Waals surface area contributed by atoms with Crippen LogP contribution in [-0.2, 0) is 9.53 Å². The Morgan fingerprint density at radius 2 is 2.00 bits per heavy atom. The second kappa shape index (κ2) is 4.16. The Bertz CT molecular complexity index is 233. The zero-order valence-corrected chi connectivity index (χ0v) is 8.74. The normalized spacial score (nSPS) is 35.4. The van der Waals surface area contributed by atoms with Gasteiger partial charge >= 0.3 is 5.97 Å². The van der Waals surface area contributed by atoms with Gasteiger partial charge < -0.3 is 4.74 Å². The third-order valence-electron chi connectivity index (χ3n) is 3.59. The molecule has 2 aliphatic carbocycles. The van der Waals surface area contributed by atoms with Gasteiger partial charge in [0.05, 0.1) is 13.5 Å². The lowest BCUT2D eigenvalue weighted by Gasteiger charge is -2.04. The van der Waals surface area contributed by atoms with E-state index in [-0.39, 0.29) is 5.97 Å². The average Bonchev–Trinajstić information content (AvgIpc) is 2.92. The second-order valence-electron chi connectivity index (χ2n) is 4.40. The lowest BCUT2D eigenvalue weighted by atomic mass is 10.0. The maximum Gasteiger partial charge on any atom is 0.309 e. The van der Waals surface area contributed by atoms with E-state index >= 15 is 0 Å². The standard InChI is InChI=1S/C12H18O2/c1-14-12(13)8-4-7-11-9-5-2-3-6-10(9)11/h4,7,9-11H,2-3,5-6,8H2,1H3/b7-4+/t9-,10+,11?. The molecule has 3 atom stereocenters. The highest BCUT2D eigenvalue weighted by atomic mass is 16.5. The Kier molecular flexibility index (Phi) is 2.90. The number of hydrogen-bond donors (Lipinski definition) is 0. The summed E-state index contributed by atoms with van der Waals surface area (Å²) < 4.78 is 4.58. The van der Waals surface area contributed by atoms with Crippen LogP contribution in [0.25, 0.3) is 0 Å². The highest BCUT2D eigenvalue weighted by Crippen LogP contribution is 2.56. The van der Waals surface area contributed by atoms with Crippen molar-refractivity contribution in [3.05, 3.63) is 12.2 Å². The molecule has 0 aromatic rings. The minimum atomic E-state index is -0.134. The van der Waals surface area contributed by atoms with Gasteiger partial charge in [-0.3, -0.25) is 4.79 Å². The Labute approximate surface area is 85.3 Å². The van der Waals surface area contributed by atoms with E-state index in [0.717, 1.165) is 17.8 Å². The first kappa shape index (κ1) is 9.75. The molecule has 2 rings (SSSR count). The van der Waals surface area contributed by atoms with Gasteiger partial charge in [-0.1, -0.05) is 25.0 Å². The molecule has 0 aromatic carbocycles. The predicted octanol–water partition coefficient (Wildman–Crippen LogP) is 2.54. The summed E-state index contributed by atoms with van der Waals surface area (Å²) in [6, 6.07) is 0. The smallest absolute Gasteiger partial charge is 0.309 e. The molecule has 0 radical (unpaired) electrons. The van der Waals surface area contributed by atoms with Gasteiger partial charge in [-0.2, -0.15) is 0 Å². The number of esters is 1. The molecule has 0 saturated heterocycles. The Morgan fingerprint density at radius 3 is 2.57 bits per heavy atom. The lowest BCUT2D eigenvalue weighted by Crippen LogP contribution is -1.96. The van der Waals surface area contributed by atoms with Gasteiger partial charge in [0.2, 0.25) is 0 Å². The van der Waals surface area contributed by atoms with Crippen LogP contribution in [-0.4, -0.2) is 13.1 Å². The molecule has 0 amide bonds. The fraction of sp³-hybridized carbons (Fsp3) is 0.750. The maximum absolute atomic E-state index is 10.9. The van der Waals surface area contributed by atoms with Crippen molar-refractivity contribution in [2.75, 3.05) is 7.11 Å². The molecule has 1 unspecified atom stereocenters. The van der Waals surface area contributed by atoms with Crippen molar-refractivity contribution in [2.45, 2.75) is 32.1 Å². The van der Waals surface area contributed by atoms with Crippen molar-refractivity contribution in [2.24, 2.45) is 17.8 Å². The number of fused-ring (bicyclic) bond motifs is 1. The summed E-state index contributed by atoms with van der Waals surface area (Å²) in [5.41, 5.74) is 0. The van der Waals surface area contributed by atoms with E-state index in [1.165, 1.54) is 32.8 Å². The van der Waals surface area contributed by atoms with Gasteiger partial charge in [0, 0.05) is 0 Å². The Hall–Kier alpha value is -0.790. The number of ether oxygens (including phenoxy) is 1. The SMILES string of the molecule is COC(=O)C/C=C/C1[C@H]2CCCC[C@@H]12. The highest BCUT2D eigenvalue weighted by molar-refractivity contribution is 5.70. The molecule has 0 spiro atoms. The van der Waals surface area contributed by atoms with Crippen molar-refractivity contribution in [3.8, 4) is 0 Å². The maximum atomic E-state index is 10.9. The molecule has 0 heterocycles. The summed E-state index contributed by atoms with van der Waals surface area (Å²) >= 11 is 0. The minimum absolute atomic E-state index is 0.134. The number of hydrogen-bond acceptors (Lipinski definition) is 2. The topological polar surface area (TPSA) is 26.3 Å². The van der Waals surface area contributed by atoms with Crippen LogP contribution >= 0.6 is 0 Å². The molecular weight excluding hydrogens is 176 g/mol. The van der Waals surface area contributed by atoms with Crippen LogP contribution in [0.3, 0.4) is 0 Å². The molecule has 2 heteroatoms. The second-order valence-corrected chi connectivity index (χ2v) is 4.40. The molecular formula is C12H18O2. The third kappa shape index (κ3) is 1.99. The molecule has 2 saturated carbocycles. The Balaban J connectivity index is 1.74. The molecule has 2 fully saturated rings. The van der Waals surface area contributed by atoms with Gasteiger partial charge in [0.1, 0.15) is 0 Å². The summed E-state index contributed by atoms with van der Waals surface area (Å²) in [4.78, 5) is 10.9. The number of carbonyl (C=O) groups excluding carboxylic acids is 1. The van der Waals surface area contributed by atoms with Gasteiger partial charge in [-0.05, 0) is 30.6 Å². The lowest BCUT2D eigenvalue weighted by molar-refractivity contribution is -0.139. The van der Waals surface area contributed by atoms with Crippen LogP contribution in [0.4, 0.5) is 0 Å². The summed E-state index contributed by atoms with van der Waals surface area (Å²) in [6.07, 6.45) is 10.3.